The molecular formula is C21H34N4O2. The standard InChI is InChI=1S/C21H34N4O2/c1-5-23-21(25-11-9-17(10-12-25)14-20(26)22-4)24-15-18-7-6-8-19(13-18)27-16(2)3/h6-8,13,16-17H,5,9-12,14-15H2,1-4H3,(H,22,26)(H,23,24). The fourth-order valence-corrected chi connectivity index (χ4v) is 3.29. The molecule has 1 aliphatic rings. The minimum atomic E-state index is 0.137. The Morgan fingerprint density at radius 2 is 2.07 bits per heavy atom. The third kappa shape index (κ3) is 7.12. The molecule has 0 atom stereocenters. The molecule has 150 valence electrons. The molecule has 27 heavy (non-hydrogen) atoms. The van der Waals surface area contributed by atoms with Crippen molar-refractivity contribution < 1.29 is 9.53 Å². The van der Waals surface area contributed by atoms with Crippen molar-refractivity contribution in [2.24, 2.45) is 10.9 Å². The number of nitrogens with one attached hydrogen (secondary N) is 2. The van der Waals surface area contributed by atoms with E-state index in [0.717, 1.165) is 49.7 Å². The maximum Gasteiger partial charge on any atom is 0.220 e. The van der Waals surface area contributed by atoms with Crippen LogP contribution in [0, 0.1) is 5.92 Å². The Labute approximate surface area is 163 Å². The number of carbonyl (C=O) groups is 1. The van der Waals surface area contributed by atoms with E-state index >= 15 is 0 Å². The molecule has 1 heterocycles. The normalized spacial score (nSPS) is 15.7. The van der Waals surface area contributed by atoms with Crippen LogP contribution in [0.3, 0.4) is 0 Å². The first kappa shape index (κ1) is 21.1. The van der Waals surface area contributed by atoms with Crippen LogP contribution >= 0.6 is 0 Å². The molecule has 1 aromatic carbocycles. The second kappa shape index (κ2) is 10.8. The Morgan fingerprint density at radius 1 is 1.33 bits per heavy atom. The molecule has 1 fully saturated rings. The quantitative estimate of drug-likeness (QED) is 0.569. The highest BCUT2D eigenvalue weighted by Crippen LogP contribution is 2.21. The summed E-state index contributed by atoms with van der Waals surface area (Å²) in [4.78, 5) is 18.7. The van der Waals surface area contributed by atoms with Gasteiger partial charge < -0.3 is 20.3 Å². The number of benzene rings is 1. The van der Waals surface area contributed by atoms with Gasteiger partial charge in [0.05, 0.1) is 12.6 Å². The van der Waals surface area contributed by atoms with E-state index in [9.17, 15) is 4.79 Å². The van der Waals surface area contributed by atoms with E-state index in [-0.39, 0.29) is 12.0 Å². The van der Waals surface area contributed by atoms with Gasteiger partial charge in [0.15, 0.2) is 5.96 Å². The molecule has 0 spiro atoms. The molecule has 1 amide bonds. The lowest BCUT2D eigenvalue weighted by molar-refractivity contribution is -0.121. The van der Waals surface area contributed by atoms with Gasteiger partial charge in [-0.1, -0.05) is 12.1 Å². The minimum absolute atomic E-state index is 0.137. The van der Waals surface area contributed by atoms with E-state index in [1.54, 1.807) is 7.05 Å². The third-order valence-corrected chi connectivity index (χ3v) is 4.68. The second-order valence-electron chi connectivity index (χ2n) is 7.29. The first-order valence-corrected chi connectivity index (χ1v) is 10.0. The third-order valence-electron chi connectivity index (χ3n) is 4.68. The zero-order valence-corrected chi connectivity index (χ0v) is 17.1. The summed E-state index contributed by atoms with van der Waals surface area (Å²) >= 11 is 0. The molecular weight excluding hydrogens is 340 g/mol. The van der Waals surface area contributed by atoms with Crippen LogP contribution in [0.5, 0.6) is 5.75 Å². The molecule has 0 radical (unpaired) electrons. The summed E-state index contributed by atoms with van der Waals surface area (Å²) in [5.74, 6) is 2.44. The van der Waals surface area contributed by atoms with Gasteiger partial charge in [-0.3, -0.25) is 4.79 Å². The number of ether oxygens (including phenoxy) is 1. The average Bonchev–Trinajstić information content (AvgIpc) is 2.65. The molecule has 1 aliphatic heterocycles. The summed E-state index contributed by atoms with van der Waals surface area (Å²) < 4.78 is 5.77. The fraction of sp³-hybridized carbons (Fsp3) is 0.619. The molecule has 0 aromatic heterocycles. The molecule has 1 aromatic rings. The van der Waals surface area contributed by atoms with Crippen LogP contribution in [0.4, 0.5) is 0 Å². The largest absolute Gasteiger partial charge is 0.491 e. The first-order valence-electron chi connectivity index (χ1n) is 10.0. The monoisotopic (exact) mass is 374 g/mol. The zero-order chi connectivity index (χ0) is 19.6. The maximum atomic E-state index is 11.6. The van der Waals surface area contributed by atoms with Crippen molar-refractivity contribution in [2.75, 3.05) is 26.7 Å². The highest BCUT2D eigenvalue weighted by Gasteiger charge is 2.23. The van der Waals surface area contributed by atoms with Crippen molar-refractivity contribution >= 4 is 11.9 Å². The minimum Gasteiger partial charge on any atom is -0.491 e. The van der Waals surface area contributed by atoms with Gasteiger partial charge in [-0.05, 0) is 57.2 Å². The van der Waals surface area contributed by atoms with Crippen LogP contribution in [-0.4, -0.2) is 49.6 Å². The lowest BCUT2D eigenvalue weighted by Gasteiger charge is -2.34. The van der Waals surface area contributed by atoms with Gasteiger partial charge in [0.25, 0.3) is 0 Å². The van der Waals surface area contributed by atoms with Gasteiger partial charge in [-0.15, -0.1) is 0 Å². The average molecular weight is 375 g/mol. The summed E-state index contributed by atoms with van der Waals surface area (Å²) in [6.07, 6.45) is 2.84. The van der Waals surface area contributed by atoms with E-state index in [0.29, 0.717) is 18.9 Å². The molecule has 0 bridgehead atoms. The zero-order valence-electron chi connectivity index (χ0n) is 17.1. The summed E-state index contributed by atoms with van der Waals surface area (Å²) in [5, 5.41) is 6.12. The van der Waals surface area contributed by atoms with Gasteiger partial charge in [-0.2, -0.15) is 0 Å². The molecule has 1 saturated heterocycles. The van der Waals surface area contributed by atoms with Crippen LogP contribution in [0.15, 0.2) is 29.3 Å². The summed E-state index contributed by atoms with van der Waals surface area (Å²) in [5.41, 5.74) is 1.14. The topological polar surface area (TPSA) is 66.0 Å². The molecule has 6 nitrogen and oxygen atoms in total. The van der Waals surface area contributed by atoms with Crippen molar-refractivity contribution in [2.45, 2.75) is 52.7 Å². The molecule has 0 saturated carbocycles. The summed E-state index contributed by atoms with van der Waals surface area (Å²) in [6, 6.07) is 8.13. The Bertz CT molecular complexity index is 622. The Kier molecular flexibility index (Phi) is 8.43. The van der Waals surface area contributed by atoms with Gasteiger partial charge >= 0.3 is 0 Å². The van der Waals surface area contributed by atoms with E-state index in [1.807, 2.05) is 26.0 Å². The van der Waals surface area contributed by atoms with Crippen molar-refractivity contribution in [1.29, 1.82) is 0 Å². The Balaban J connectivity index is 1.96. The molecule has 0 unspecified atom stereocenters. The number of aliphatic imine (C=N–C) groups is 1. The van der Waals surface area contributed by atoms with E-state index in [1.165, 1.54) is 0 Å². The number of likely N-dealkylation sites (tertiary alicyclic amines) is 1. The second-order valence-corrected chi connectivity index (χ2v) is 7.29. The Morgan fingerprint density at radius 3 is 2.70 bits per heavy atom. The Hall–Kier alpha value is -2.24. The molecule has 2 rings (SSSR count). The highest BCUT2D eigenvalue weighted by molar-refractivity contribution is 5.80. The van der Waals surface area contributed by atoms with E-state index in [2.05, 4.69) is 34.6 Å². The number of carbonyl (C=O) groups excluding carboxylic acids is 1. The van der Waals surface area contributed by atoms with E-state index < -0.39 is 0 Å². The number of hydrogen-bond acceptors (Lipinski definition) is 3. The van der Waals surface area contributed by atoms with Crippen molar-refractivity contribution in [3.8, 4) is 5.75 Å². The van der Waals surface area contributed by atoms with Crippen LogP contribution in [-0.2, 0) is 11.3 Å². The predicted octanol–water partition coefficient (Wildman–Crippen LogP) is 2.79. The van der Waals surface area contributed by atoms with Gasteiger partial charge in [-0.25, -0.2) is 4.99 Å². The van der Waals surface area contributed by atoms with E-state index in [4.69, 9.17) is 9.73 Å². The lowest BCUT2D eigenvalue weighted by Crippen LogP contribution is -2.46. The molecule has 2 N–H and O–H groups in total. The number of amides is 1. The molecule has 6 heteroatoms. The molecule has 0 aliphatic carbocycles. The van der Waals surface area contributed by atoms with Crippen LogP contribution < -0.4 is 15.4 Å². The number of nitrogens with zero attached hydrogens (tertiary/aromatic N) is 2. The number of piperidine rings is 1. The number of guanidine groups is 1. The predicted molar refractivity (Wildman–Crippen MR) is 110 cm³/mol. The first-order chi connectivity index (χ1) is 13.0. The van der Waals surface area contributed by atoms with Crippen molar-refractivity contribution in [3.63, 3.8) is 0 Å². The SMILES string of the molecule is CCNC(=NCc1cccc(OC(C)C)c1)N1CCC(CC(=O)NC)CC1. The summed E-state index contributed by atoms with van der Waals surface area (Å²) in [6.45, 7) is 9.48. The van der Waals surface area contributed by atoms with Gasteiger partial charge in [0, 0.05) is 33.1 Å². The van der Waals surface area contributed by atoms with Crippen LogP contribution in [0.25, 0.3) is 0 Å². The number of rotatable bonds is 7. The van der Waals surface area contributed by atoms with Crippen LogP contribution in [0.1, 0.15) is 45.6 Å². The van der Waals surface area contributed by atoms with Gasteiger partial charge in [0.2, 0.25) is 5.91 Å². The lowest BCUT2D eigenvalue weighted by atomic mass is 9.93. The van der Waals surface area contributed by atoms with Crippen LogP contribution in [0.2, 0.25) is 0 Å². The van der Waals surface area contributed by atoms with Crippen molar-refractivity contribution in [1.82, 2.24) is 15.5 Å². The number of hydrogen-bond donors (Lipinski definition) is 2. The van der Waals surface area contributed by atoms with Crippen molar-refractivity contribution in [3.05, 3.63) is 29.8 Å². The maximum absolute atomic E-state index is 11.6. The highest BCUT2D eigenvalue weighted by atomic mass is 16.5. The fourth-order valence-electron chi connectivity index (χ4n) is 3.29. The summed E-state index contributed by atoms with van der Waals surface area (Å²) in [7, 11) is 1.70. The smallest absolute Gasteiger partial charge is 0.220 e. The van der Waals surface area contributed by atoms with Gasteiger partial charge in [0.1, 0.15) is 5.75 Å².